The summed E-state index contributed by atoms with van der Waals surface area (Å²) in [6.07, 6.45) is 0. The molecular formula is C22H25N3O3S. The summed E-state index contributed by atoms with van der Waals surface area (Å²) in [6, 6.07) is 13.4. The number of sulfonamides is 1. The molecule has 0 fully saturated rings. The van der Waals surface area contributed by atoms with Gasteiger partial charge >= 0.3 is 0 Å². The Balaban J connectivity index is 1.73. The summed E-state index contributed by atoms with van der Waals surface area (Å²) in [5.74, 6) is -0.0617. The second kappa shape index (κ2) is 8.21. The molecule has 1 aliphatic heterocycles. The molecule has 0 spiro atoms. The van der Waals surface area contributed by atoms with Gasteiger partial charge in [-0.1, -0.05) is 48.0 Å². The largest absolute Gasteiger partial charge is 0.350 e. The Morgan fingerprint density at radius 1 is 1.00 bits per heavy atom. The smallest absolute Gasteiger partial charge is 0.264 e. The first-order chi connectivity index (χ1) is 13.7. The van der Waals surface area contributed by atoms with Gasteiger partial charge in [0.25, 0.3) is 10.0 Å². The third-order valence-electron chi connectivity index (χ3n) is 4.96. The molecule has 0 saturated carbocycles. The molecule has 29 heavy (non-hydrogen) atoms. The fourth-order valence-corrected chi connectivity index (χ4v) is 4.59. The van der Waals surface area contributed by atoms with Crippen LogP contribution < -0.4 is 10.0 Å². The molecule has 2 aromatic rings. The van der Waals surface area contributed by atoms with Crippen LogP contribution in [-0.2, 0) is 21.4 Å². The van der Waals surface area contributed by atoms with E-state index in [9.17, 15) is 13.2 Å². The predicted octanol–water partition coefficient (Wildman–Crippen LogP) is 2.99. The molecule has 3 rings (SSSR count). The van der Waals surface area contributed by atoms with Crippen LogP contribution in [0.5, 0.6) is 0 Å². The fourth-order valence-electron chi connectivity index (χ4n) is 3.08. The van der Waals surface area contributed by atoms with Gasteiger partial charge < -0.3 is 5.32 Å². The van der Waals surface area contributed by atoms with E-state index in [1.165, 1.54) is 0 Å². The van der Waals surface area contributed by atoms with Crippen molar-refractivity contribution < 1.29 is 13.2 Å². The second-order valence-corrected chi connectivity index (χ2v) is 8.91. The first-order valence-corrected chi connectivity index (χ1v) is 10.8. The molecule has 1 amide bonds. The molecule has 0 atom stereocenters. The number of rotatable bonds is 5. The molecule has 0 saturated heterocycles. The molecule has 6 nitrogen and oxygen atoms in total. The molecule has 1 aliphatic rings. The van der Waals surface area contributed by atoms with Gasteiger partial charge in [-0.05, 0) is 49.9 Å². The van der Waals surface area contributed by atoms with Gasteiger partial charge in [-0.15, -0.1) is 0 Å². The molecule has 0 unspecified atom stereocenters. The van der Waals surface area contributed by atoms with E-state index in [4.69, 9.17) is 0 Å². The minimum absolute atomic E-state index is 0.152. The number of aliphatic imine (C=N–C) groups is 1. The number of nitrogens with one attached hydrogen (secondary N) is 2. The zero-order valence-corrected chi connectivity index (χ0v) is 17.9. The highest BCUT2D eigenvalue weighted by molar-refractivity contribution is 8.00. The molecule has 0 aliphatic carbocycles. The van der Waals surface area contributed by atoms with Gasteiger partial charge in [0.2, 0.25) is 5.91 Å². The lowest BCUT2D eigenvalue weighted by Gasteiger charge is -2.06. The Labute approximate surface area is 171 Å². The van der Waals surface area contributed by atoms with Crippen molar-refractivity contribution in [3.05, 3.63) is 75.9 Å². The molecule has 1 heterocycles. The number of carbonyl (C=O) groups excluding carboxylic acids is 1. The van der Waals surface area contributed by atoms with E-state index in [1.807, 2.05) is 57.2 Å². The Morgan fingerprint density at radius 2 is 1.69 bits per heavy atom. The summed E-state index contributed by atoms with van der Waals surface area (Å²) >= 11 is 0. The summed E-state index contributed by atoms with van der Waals surface area (Å²) in [7, 11) is -3.71. The first-order valence-electron chi connectivity index (χ1n) is 9.36. The van der Waals surface area contributed by atoms with Crippen molar-refractivity contribution in [3.63, 3.8) is 0 Å². The molecule has 152 valence electrons. The predicted molar refractivity (Wildman–Crippen MR) is 116 cm³/mol. The lowest BCUT2D eigenvalue weighted by atomic mass is 10.0. The SMILES string of the molecule is CC1=C(c2ccc(C)c(C)c2)S(=O)(=O)NC1=NCC(=O)NCc1ccc(C)cc1. The topological polar surface area (TPSA) is 87.6 Å². The van der Waals surface area contributed by atoms with E-state index in [0.717, 1.165) is 22.3 Å². The molecule has 0 radical (unpaired) electrons. The number of hydrogen-bond acceptors (Lipinski definition) is 4. The van der Waals surface area contributed by atoms with Crippen LogP contribution in [-0.4, -0.2) is 26.7 Å². The Kier molecular flexibility index (Phi) is 5.88. The number of carbonyl (C=O) groups is 1. The van der Waals surface area contributed by atoms with Crippen LogP contribution in [0.4, 0.5) is 0 Å². The Morgan fingerprint density at radius 3 is 2.34 bits per heavy atom. The highest BCUT2D eigenvalue weighted by atomic mass is 32.2. The van der Waals surface area contributed by atoms with Crippen LogP contribution in [0.1, 0.15) is 34.7 Å². The highest BCUT2D eigenvalue weighted by Crippen LogP contribution is 2.30. The van der Waals surface area contributed by atoms with Gasteiger partial charge in [0.15, 0.2) is 0 Å². The van der Waals surface area contributed by atoms with Crippen molar-refractivity contribution in [1.82, 2.24) is 10.0 Å². The Hall–Kier alpha value is -2.93. The van der Waals surface area contributed by atoms with Crippen molar-refractivity contribution in [1.29, 1.82) is 0 Å². The van der Waals surface area contributed by atoms with Crippen molar-refractivity contribution >= 4 is 26.7 Å². The normalized spacial score (nSPS) is 16.8. The van der Waals surface area contributed by atoms with Crippen LogP contribution in [0.15, 0.2) is 53.0 Å². The molecule has 7 heteroatoms. The van der Waals surface area contributed by atoms with Crippen LogP contribution in [0.2, 0.25) is 0 Å². The third-order valence-corrected chi connectivity index (χ3v) is 6.50. The van der Waals surface area contributed by atoms with E-state index in [-0.39, 0.29) is 23.2 Å². The number of amidine groups is 1. The van der Waals surface area contributed by atoms with Crippen LogP contribution in [0.3, 0.4) is 0 Å². The van der Waals surface area contributed by atoms with Crippen molar-refractivity contribution in [2.24, 2.45) is 4.99 Å². The molecule has 0 aromatic heterocycles. The maximum absolute atomic E-state index is 12.6. The average molecular weight is 412 g/mol. The summed E-state index contributed by atoms with van der Waals surface area (Å²) < 4.78 is 27.7. The van der Waals surface area contributed by atoms with E-state index in [0.29, 0.717) is 17.7 Å². The van der Waals surface area contributed by atoms with Crippen molar-refractivity contribution in [2.75, 3.05) is 6.54 Å². The van der Waals surface area contributed by atoms with E-state index in [1.54, 1.807) is 13.0 Å². The van der Waals surface area contributed by atoms with Crippen LogP contribution in [0, 0.1) is 20.8 Å². The van der Waals surface area contributed by atoms with Crippen molar-refractivity contribution in [3.8, 4) is 0 Å². The average Bonchev–Trinajstić information content (AvgIpc) is 2.90. The van der Waals surface area contributed by atoms with Crippen LogP contribution in [0.25, 0.3) is 4.91 Å². The van der Waals surface area contributed by atoms with E-state index < -0.39 is 10.0 Å². The standard InChI is InChI=1S/C22H25N3O3S/c1-14-5-8-18(9-6-14)12-23-20(26)13-24-22-17(4)21(29(27,28)25-22)19-10-7-15(2)16(3)11-19/h5-11H,12-13H2,1-4H3,(H,23,26)(H,24,25). The van der Waals surface area contributed by atoms with E-state index in [2.05, 4.69) is 15.0 Å². The molecule has 0 bridgehead atoms. The Bertz CT molecular complexity index is 1110. The summed E-state index contributed by atoms with van der Waals surface area (Å²) in [5, 5.41) is 2.80. The van der Waals surface area contributed by atoms with E-state index >= 15 is 0 Å². The quantitative estimate of drug-likeness (QED) is 0.793. The van der Waals surface area contributed by atoms with Gasteiger partial charge in [0.05, 0.1) is 0 Å². The number of amides is 1. The minimum atomic E-state index is -3.71. The van der Waals surface area contributed by atoms with Gasteiger partial charge in [-0.2, -0.15) is 0 Å². The summed E-state index contributed by atoms with van der Waals surface area (Å²) in [4.78, 5) is 16.5. The third kappa shape index (κ3) is 4.74. The second-order valence-electron chi connectivity index (χ2n) is 7.29. The molecular weight excluding hydrogens is 386 g/mol. The summed E-state index contributed by atoms with van der Waals surface area (Å²) in [6.45, 7) is 7.87. The zero-order chi connectivity index (χ0) is 21.2. The number of aryl methyl sites for hydroxylation is 3. The number of benzene rings is 2. The first kappa shape index (κ1) is 20.8. The maximum Gasteiger partial charge on any atom is 0.264 e. The number of nitrogens with zero attached hydrogens (tertiary/aromatic N) is 1. The highest BCUT2D eigenvalue weighted by Gasteiger charge is 2.32. The zero-order valence-electron chi connectivity index (χ0n) is 17.0. The minimum Gasteiger partial charge on any atom is -0.350 e. The molecule has 2 N–H and O–H groups in total. The monoisotopic (exact) mass is 411 g/mol. The summed E-state index contributed by atoms with van der Waals surface area (Å²) in [5.41, 5.74) is 5.38. The number of hydrogen-bond donors (Lipinski definition) is 2. The maximum atomic E-state index is 12.6. The van der Waals surface area contributed by atoms with Gasteiger partial charge in [-0.3, -0.25) is 14.5 Å². The lowest BCUT2D eigenvalue weighted by molar-refractivity contribution is -0.119. The fraction of sp³-hybridized carbons (Fsp3) is 0.273. The molecule has 2 aromatic carbocycles. The van der Waals surface area contributed by atoms with Gasteiger partial charge in [0.1, 0.15) is 17.3 Å². The van der Waals surface area contributed by atoms with Crippen molar-refractivity contribution in [2.45, 2.75) is 34.2 Å². The van der Waals surface area contributed by atoms with Gasteiger partial charge in [-0.25, -0.2) is 8.42 Å². The van der Waals surface area contributed by atoms with Crippen LogP contribution >= 0.6 is 0 Å². The lowest BCUT2D eigenvalue weighted by Crippen LogP contribution is -2.28. The van der Waals surface area contributed by atoms with Gasteiger partial charge in [0, 0.05) is 12.1 Å².